The van der Waals surface area contributed by atoms with Crippen LogP contribution in [0.5, 0.6) is 0 Å². The first-order valence-corrected chi connectivity index (χ1v) is 7.21. The van der Waals surface area contributed by atoms with Gasteiger partial charge in [-0.3, -0.25) is 0 Å². The highest BCUT2D eigenvalue weighted by atomic mass is 32.1. The molecule has 0 aliphatic heterocycles. The van der Waals surface area contributed by atoms with Crippen molar-refractivity contribution in [3.05, 3.63) is 69.4 Å². The van der Waals surface area contributed by atoms with E-state index in [1.54, 1.807) is 11.3 Å². The lowest BCUT2D eigenvalue weighted by atomic mass is 9.95. The lowest BCUT2D eigenvalue weighted by molar-refractivity contribution is 0.225. The monoisotopic (exact) mass is 268 g/mol. The molecule has 0 saturated carbocycles. The summed E-state index contributed by atoms with van der Waals surface area (Å²) in [7, 11) is 0. The van der Waals surface area contributed by atoms with Crippen molar-refractivity contribution < 1.29 is 5.11 Å². The zero-order chi connectivity index (χ0) is 13.4. The van der Waals surface area contributed by atoms with Crippen LogP contribution in [0.25, 0.3) is 10.8 Å². The maximum absolute atomic E-state index is 10.7. The lowest BCUT2D eigenvalue weighted by Crippen LogP contribution is -2.01. The molecule has 0 aliphatic carbocycles. The highest BCUT2D eigenvalue weighted by Gasteiger charge is 2.17. The van der Waals surface area contributed by atoms with E-state index < -0.39 is 6.10 Å². The quantitative estimate of drug-likeness (QED) is 0.720. The van der Waals surface area contributed by atoms with Gasteiger partial charge in [0.15, 0.2) is 0 Å². The number of hydrogen-bond donors (Lipinski definition) is 1. The smallest absolute Gasteiger partial charge is 0.114 e. The summed E-state index contributed by atoms with van der Waals surface area (Å²) in [6.45, 7) is 4.13. The molecule has 19 heavy (non-hydrogen) atoms. The van der Waals surface area contributed by atoms with Crippen LogP contribution in [0, 0.1) is 13.8 Å². The van der Waals surface area contributed by atoms with Crippen molar-refractivity contribution in [3.8, 4) is 0 Å². The Hall–Kier alpha value is -1.64. The van der Waals surface area contributed by atoms with Crippen LogP contribution in [0.2, 0.25) is 0 Å². The molecule has 0 saturated heterocycles. The molecule has 1 heterocycles. The van der Waals surface area contributed by atoms with E-state index in [2.05, 4.69) is 44.2 Å². The average Bonchev–Trinajstić information content (AvgIpc) is 2.85. The summed E-state index contributed by atoms with van der Waals surface area (Å²) >= 11 is 1.66. The molecule has 1 aromatic heterocycles. The standard InChI is InChI=1S/C17H16OS/c1-11-7-9-13-5-3-4-6-14(13)16(11)17(18)15-10-8-12(2)19-15/h3-10,17-18H,1-2H3/t17-/m0/s1. The van der Waals surface area contributed by atoms with Crippen molar-refractivity contribution in [1.29, 1.82) is 0 Å². The Bertz CT molecular complexity index is 727. The number of aliphatic hydroxyl groups is 1. The summed E-state index contributed by atoms with van der Waals surface area (Å²) < 4.78 is 0. The van der Waals surface area contributed by atoms with E-state index in [0.717, 1.165) is 21.4 Å². The van der Waals surface area contributed by atoms with Crippen LogP contribution in [0.4, 0.5) is 0 Å². The normalized spacial score (nSPS) is 12.8. The number of thiophene rings is 1. The molecule has 96 valence electrons. The van der Waals surface area contributed by atoms with Crippen LogP contribution in [0.3, 0.4) is 0 Å². The second kappa shape index (κ2) is 4.80. The van der Waals surface area contributed by atoms with Crippen molar-refractivity contribution >= 4 is 22.1 Å². The fourth-order valence-corrected chi connectivity index (χ4v) is 3.38. The molecule has 0 unspecified atom stereocenters. The van der Waals surface area contributed by atoms with Gasteiger partial charge in [0, 0.05) is 9.75 Å². The van der Waals surface area contributed by atoms with Crippen LogP contribution < -0.4 is 0 Å². The molecule has 3 rings (SSSR count). The highest BCUT2D eigenvalue weighted by molar-refractivity contribution is 7.12. The van der Waals surface area contributed by atoms with Gasteiger partial charge >= 0.3 is 0 Å². The van der Waals surface area contributed by atoms with Gasteiger partial charge in [0.05, 0.1) is 0 Å². The summed E-state index contributed by atoms with van der Waals surface area (Å²) in [5, 5.41) is 13.0. The van der Waals surface area contributed by atoms with Crippen molar-refractivity contribution in [2.45, 2.75) is 20.0 Å². The number of benzene rings is 2. The second-order valence-electron chi connectivity index (χ2n) is 4.87. The van der Waals surface area contributed by atoms with Gasteiger partial charge in [0.2, 0.25) is 0 Å². The third kappa shape index (κ3) is 2.18. The summed E-state index contributed by atoms with van der Waals surface area (Å²) in [5.41, 5.74) is 2.16. The summed E-state index contributed by atoms with van der Waals surface area (Å²) in [5.74, 6) is 0. The summed E-state index contributed by atoms with van der Waals surface area (Å²) in [6.07, 6.45) is -0.537. The van der Waals surface area contributed by atoms with Crippen LogP contribution in [0.1, 0.15) is 27.0 Å². The van der Waals surface area contributed by atoms with Gasteiger partial charge in [-0.25, -0.2) is 0 Å². The summed E-state index contributed by atoms with van der Waals surface area (Å²) in [4.78, 5) is 2.24. The van der Waals surface area contributed by atoms with Gasteiger partial charge in [-0.15, -0.1) is 11.3 Å². The molecular formula is C17H16OS. The van der Waals surface area contributed by atoms with Gasteiger partial charge < -0.3 is 5.11 Å². The Morgan fingerprint density at radius 3 is 2.47 bits per heavy atom. The van der Waals surface area contributed by atoms with E-state index in [1.807, 2.05) is 18.2 Å². The predicted molar refractivity (Wildman–Crippen MR) is 81.8 cm³/mol. The van der Waals surface area contributed by atoms with E-state index in [9.17, 15) is 5.11 Å². The molecule has 0 aliphatic rings. The van der Waals surface area contributed by atoms with Gasteiger partial charge in [-0.05, 0) is 47.9 Å². The van der Waals surface area contributed by atoms with E-state index in [0.29, 0.717) is 0 Å². The topological polar surface area (TPSA) is 20.2 Å². The molecule has 1 nitrogen and oxygen atoms in total. The number of rotatable bonds is 2. The highest BCUT2D eigenvalue weighted by Crippen LogP contribution is 2.34. The lowest BCUT2D eigenvalue weighted by Gasteiger charge is -2.15. The Morgan fingerprint density at radius 1 is 0.947 bits per heavy atom. The Kier molecular flexibility index (Phi) is 3.13. The van der Waals surface area contributed by atoms with Gasteiger partial charge in [0.25, 0.3) is 0 Å². The van der Waals surface area contributed by atoms with Crippen molar-refractivity contribution in [1.82, 2.24) is 0 Å². The zero-order valence-corrected chi connectivity index (χ0v) is 11.9. The Labute approximate surface area is 117 Å². The number of aryl methyl sites for hydroxylation is 2. The molecule has 3 aromatic rings. The Morgan fingerprint density at radius 2 is 1.74 bits per heavy atom. The average molecular weight is 268 g/mol. The molecule has 1 N–H and O–H groups in total. The Balaban J connectivity index is 2.21. The second-order valence-corrected chi connectivity index (χ2v) is 6.19. The minimum Gasteiger partial charge on any atom is -0.383 e. The third-order valence-corrected chi connectivity index (χ3v) is 4.55. The molecule has 2 heteroatoms. The molecule has 0 bridgehead atoms. The third-order valence-electron chi connectivity index (χ3n) is 3.49. The summed E-state index contributed by atoms with van der Waals surface area (Å²) in [6, 6.07) is 16.5. The van der Waals surface area contributed by atoms with Gasteiger partial charge in [-0.1, -0.05) is 36.4 Å². The fraction of sp³-hybridized carbons (Fsp3) is 0.176. The zero-order valence-electron chi connectivity index (χ0n) is 11.1. The number of fused-ring (bicyclic) bond motifs is 1. The number of aliphatic hydroxyl groups excluding tert-OH is 1. The molecule has 0 spiro atoms. The SMILES string of the molecule is Cc1ccc([C@H](O)c2c(C)ccc3ccccc23)s1. The number of hydrogen-bond acceptors (Lipinski definition) is 2. The van der Waals surface area contributed by atoms with Crippen LogP contribution in [-0.4, -0.2) is 5.11 Å². The molecule has 0 amide bonds. The maximum Gasteiger partial charge on any atom is 0.114 e. The van der Waals surface area contributed by atoms with Crippen LogP contribution in [-0.2, 0) is 0 Å². The first-order valence-electron chi connectivity index (χ1n) is 6.39. The predicted octanol–water partition coefficient (Wildman–Crippen LogP) is 4.60. The van der Waals surface area contributed by atoms with Crippen molar-refractivity contribution in [2.75, 3.05) is 0 Å². The molecule has 0 fully saturated rings. The van der Waals surface area contributed by atoms with E-state index in [1.165, 1.54) is 10.3 Å². The van der Waals surface area contributed by atoms with Crippen molar-refractivity contribution in [2.24, 2.45) is 0 Å². The van der Waals surface area contributed by atoms with E-state index in [-0.39, 0.29) is 0 Å². The molecule has 0 radical (unpaired) electrons. The molecular weight excluding hydrogens is 252 g/mol. The van der Waals surface area contributed by atoms with Crippen LogP contribution in [0.15, 0.2) is 48.5 Å². The molecule has 2 aromatic carbocycles. The van der Waals surface area contributed by atoms with Gasteiger partial charge in [-0.2, -0.15) is 0 Å². The minimum absolute atomic E-state index is 0.537. The first kappa shape index (κ1) is 12.4. The van der Waals surface area contributed by atoms with Crippen LogP contribution >= 0.6 is 11.3 Å². The van der Waals surface area contributed by atoms with E-state index >= 15 is 0 Å². The maximum atomic E-state index is 10.7. The first-order chi connectivity index (χ1) is 9.16. The largest absolute Gasteiger partial charge is 0.383 e. The fourth-order valence-electron chi connectivity index (χ4n) is 2.51. The van der Waals surface area contributed by atoms with Gasteiger partial charge in [0.1, 0.15) is 6.10 Å². The van der Waals surface area contributed by atoms with Crippen molar-refractivity contribution in [3.63, 3.8) is 0 Å². The molecule has 1 atom stereocenters. The van der Waals surface area contributed by atoms with E-state index in [4.69, 9.17) is 0 Å². The minimum atomic E-state index is -0.537.